The van der Waals surface area contributed by atoms with Crippen LogP contribution in [0.3, 0.4) is 0 Å². The first-order chi connectivity index (χ1) is 14.1. The van der Waals surface area contributed by atoms with Crippen LogP contribution < -0.4 is 10.6 Å². The van der Waals surface area contributed by atoms with Gasteiger partial charge in [-0.15, -0.1) is 0 Å². The first-order valence-corrected chi connectivity index (χ1v) is 11.3. The molecule has 2 aliphatic rings. The molecule has 1 saturated carbocycles. The monoisotopic (exact) mass is 400 g/mol. The molecule has 29 heavy (non-hydrogen) atoms. The second kappa shape index (κ2) is 11.3. The predicted octanol–water partition coefficient (Wildman–Crippen LogP) is 2.64. The highest BCUT2D eigenvalue weighted by Gasteiger charge is 2.22. The number of amides is 2. The Bertz CT molecular complexity index is 663. The second-order valence-corrected chi connectivity index (χ2v) is 8.37. The Balaban J connectivity index is 1.36. The van der Waals surface area contributed by atoms with Crippen molar-refractivity contribution in [3.63, 3.8) is 0 Å². The number of nitrogens with zero attached hydrogens (tertiary/aromatic N) is 2. The topological polar surface area (TPSA) is 64.7 Å². The van der Waals surface area contributed by atoms with Gasteiger partial charge >= 0.3 is 0 Å². The van der Waals surface area contributed by atoms with E-state index in [0.29, 0.717) is 19.1 Å². The van der Waals surface area contributed by atoms with Crippen molar-refractivity contribution in [2.45, 2.75) is 57.9 Å². The molecular formula is C23H36N4O2. The fourth-order valence-electron chi connectivity index (χ4n) is 4.35. The number of piperazine rings is 1. The van der Waals surface area contributed by atoms with Crippen molar-refractivity contribution >= 4 is 17.5 Å². The summed E-state index contributed by atoms with van der Waals surface area (Å²) in [7, 11) is 0. The summed E-state index contributed by atoms with van der Waals surface area (Å²) in [5.74, 6) is 0.185. The van der Waals surface area contributed by atoms with Gasteiger partial charge in [-0.05, 0) is 30.9 Å². The van der Waals surface area contributed by atoms with Gasteiger partial charge in [-0.3, -0.25) is 19.4 Å². The number of aryl methyl sites for hydroxylation is 1. The highest BCUT2D eigenvalue weighted by atomic mass is 16.2. The molecule has 2 amide bonds. The zero-order valence-electron chi connectivity index (χ0n) is 17.8. The van der Waals surface area contributed by atoms with E-state index >= 15 is 0 Å². The maximum atomic E-state index is 12.4. The first-order valence-electron chi connectivity index (χ1n) is 11.3. The largest absolute Gasteiger partial charge is 0.352 e. The van der Waals surface area contributed by atoms with E-state index in [-0.39, 0.29) is 11.8 Å². The lowest BCUT2D eigenvalue weighted by atomic mass is 10.1. The van der Waals surface area contributed by atoms with Crippen molar-refractivity contribution < 1.29 is 9.59 Å². The van der Waals surface area contributed by atoms with Crippen LogP contribution in [-0.4, -0.2) is 66.9 Å². The summed E-state index contributed by atoms with van der Waals surface area (Å²) in [6.45, 7) is 6.27. The molecule has 0 bridgehead atoms. The lowest BCUT2D eigenvalue weighted by Gasteiger charge is -2.34. The molecule has 1 aliphatic heterocycles. The summed E-state index contributed by atoms with van der Waals surface area (Å²) in [6, 6.07) is 8.32. The molecule has 0 atom stereocenters. The second-order valence-electron chi connectivity index (χ2n) is 8.37. The Morgan fingerprint density at radius 1 is 0.897 bits per heavy atom. The average molecular weight is 401 g/mol. The average Bonchev–Trinajstić information content (AvgIpc) is 2.98. The smallest absolute Gasteiger partial charge is 0.238 e. The number of hydrogen-bond donors (Lipinski definition) is 2. The SMILES string of the molecule is CCc1ccccc1NC(=O)CN1CCN(CC(=O)NC2CCCCCC2)CC1. The summed E-state index contributed by atoms with van der Waals surface area (Å²) in [5, 5.41) is 6.27. The standard InChI is InChI=1S/C23H36N4O2/c1-2-19-9-7-8-12-21(19)25-23(29)18-27-15-13-26(14-16-27)17-22(28)24-20-10-5-3-4-6-11-20/h7-9,12,20H,2-6,10-11,13-18H2,1H3,(H,24,28)(H,25,29). The summed E-state index contributed by atoms with van der Waals surface area (Å²) in [4.78, 5) is 29.2. The molecule has 160 valence electrons. The quantitative estimate of drug-likeness (QED) is 0.691. The number of hydrogen-bond acceptors (Lipinski definition) is 4. The summed E-state index contributed by atoms with van der Waals surface area (Å²) in [5.41, 5.74) is 2.07. The van der Waals surface area contributed by atoms with Crippen molar-refractivity contribution in [3.05, 3.63) is 29.8 Å². The van der Waals surface area contributed by atoms with Crippen molar-refractivity contribution in [1.82, 2.24) is 15.1 Å². The molecule has 0 radical (unpaired) electrons. The van der Waals surface area contributed by atoms with Crippen LogP contribution in [0.1, 0.15) is 51.0 Å². The van der Waals surface area contributed by atoms with Crippen LogP contribution in [0.5, 0.6) is 0 Å². The number of rotatable bonds is 7. The van der Waals surface area contributed by atoms with E-state index in [1.54, 1.807) is 0 Å². The number of carbonyl (C=O) groups excluding carboxylic acids is 2. The fraction of sp³-hybridized carbons (Fsp3) is 0.652. The van der Waals surface area contributed by atoms with Crippen molar-refractivity contribution in [1.29, 1.82) is 0 Å². The minimum absolute atomic E-state index is 0.0328. The Kier molecular flexibility index (Phi) is 8.50. The normalized spacial score (nSPS) is 19.5. The van der Waals surface area contributed by atoms with Crippen LogP contribution >= 0.6 is 0 Å². The number of carbonyl (C=O) groups is 2. The van der Waals surface area contributed by atoms with E-state index in [2.05, 4.69) is 33.4 Å². The van der Waals surface area contributed by atoms with E-state index < -0.39 is 0 Å². The van der Waals surface area contributed by atoms with Crippen molar-refractivity contribution in [2.24, 2.45) is 0 Å². The molecule has 1 aromatic carbocycles. The number of nitrogens with one attached hydrogen (secondary N) is 2. The summed E-state index contributed by atoms with van der Waals surface area (Å²) < 4.78 is 0. The van der Waals surface area contributed by atoms with Gasteiger partial charge in [0.25, 0.3) is 0 Å². The van der Waals surface area contributed by atoms with Crippen LogP contribution in [0.25, 0.3) is 0 Å². The Labute approximate surface area is 175 Å². The van der Waals surface area contributed by atoms with Crippen molar-refractivity contribution in [2.75, 3.05) is 44.6 Å². The molecule has 3 rings (SSSR count). The molecule has 2 N–H and O–H groups in total. The van der Waals surface area contributed by atoms with Crippen LogP contribution in [0, 0.1) is 0 Å². The molecule has 6 heteroatoms. The Morgan fingerprint density at radius 3 is 2.10 bits per heavy atom. The maximum absolute atomic E-state index is 12.4. The van der Waals surface area contributed by atoms with Gasteiger partial charge in [-0.25, -0.2) is 0 Å². The van der Waals surface area contributed by atoms with E-state index in [4.69, 9.17) is 0 Å². The molecule has 2 fully saturated rings. The van der Waals surface area contributed by atoms with E-state index in [0.717, 1.165) is 56.7 Å². The molecule has 1 heterocycles. The Hall–Kier alpha value is -1.92. The van der Waals surface area contributed by atoms with E-state index in [1.165, 1.54) is 25.7 Å². The minimum Gasteiger partial charge on any atom is -0.352 e. The van der Waals surface area contributed by atoms with Crippen molar-refractivity contribution in [3.8, 4) is 0 Å². The van der Waals surface area contributed by atoms with Gasteiger partial charge in [-0.2, -0.15) is 0 Å². The van der Waals surface area contributed by atoms with Crippen LogP contribution in [0.2, 0.25) is 0 Å². The van der Waals surface area contributed by atoms with Gasteiger partial charge in [0.15, 0.2) is 0 Å². The van der Waals surface area contributed by atoms with E-state index in [1.807, 2.05) is 18.2 Å². The number of anilines is 1. The molecule has 1 aromatic rings. The highest BCUT2D eigenvalue weighted by Crippen LogP contribution is 2.17. The molecule has 1 aliphatic carbocycles. The lowest BCUT2D eigenvalue weighted by Crippen LogP contribution is -2.51. The van der Waals surface area contributed by atoms with Gasteiger partial charge in [0.2, 0.25) is 11.8 Å². The third-order valence-electron chi connectivity index (χ3n) is 6.09. The molecular weight excluding hydrogens is 364 g/mol. The third-order valence-corrected chi connectivity index (χ3v) is 6.09. The molecule has 6 nitrogen and oxygen atoms in total. The van der Waals surface area contributed by atoms with Gasteiger partial charge in [0.05, 0.1) is 13.1 Å². The van der Waals surface area contributed by atoms with Gasteiger partial charge < -0.3 is 10.6 Å². The zero-order valence-corrected chi connectivity index (χ0v) is 17.8. The maximum Gasteiger partial charge on any atom is 0.238 e. The molecule has 1 saturated heterocycles. The fourth-order valence-corrected chi connectivity index (χ4v) is 4.35. The third kappa shape index (κ3) is 7.12. The number of para-hydroxylation sites is 1. The first kappa shape index (κ1) is 21.8. The Morgan fingerprint density at radius 2 is 1.48 bits per heavy atom. The number of benzene rings is 1. The van der Waals surface area contributed by atoms with Gasteiger partial charge in [0, 0.05) is 37.9 Å². The minimum atomic E-state index is 0.0328. The molecule has 0 aromatic heterocycles. The van der Waals surface area contributed by atoms with Crippen LogP contribution in [0.15, 0.2) is 24.3 Å². The molecule has 0 unspecified atom stereocenters. The van der Waals surface area contributed by atoms with Crippen LogP contribution in [-0.2, 0) is 16.0 Å². The molecule has 0 spiro atoms. The van der Waals surface area contributed by atoms with E-state index in [9.17, 15) is 9.59 Å². The zero-order chi connectivity index (χ0) is 20.5. The highest BCUT2D eigenvalue weighted by molar-refractivity contribution is 5.93. The van der Waals surface area contributed by atoms with Gasteiger partial charge in [-0.1, -0.05) is 50.8 Å². The summed E-state index contributed by atoms with van der Waals surface area (Å²) in [6.07, 6.45) is 8.20. The summed E-state index contributed by atoms with van der Waals surface area (Å²) >= 11 is 0. The lowest BCUT2D eigenvalue weighted by molar-refractivity contribution is -0.124. The van der Waals surface area contributed by atoms with Gasteiger partial charge in [0.1, 0.15) is 0 Å². The van der Waals surface area contributed by atoms with Crippen LogP contribution in [0.4, 0.5) is 5.69 Å². The predicted molar refractivity (Wildman–Crippen MR) is 117 cm³/mol.